The van der Waals surface area contributed by atoms with E-state index in [9.17, 15) is 4.39 Å². The maximum Gasteiger partial charge on any atom is 0.123 e. The predicted octanol–water partition coefficient (Wildman–Crippen LogP) is 4.56. The summed E-state index contributed by atoms with van der Waals surface area (Å²) < 4.78 is 14.2. The van der Waals surface area contributed by atoms with Crippen LogP contribution in [0, 0.1) is 26.6 Å². The topological polar surface area (TPSA) is 26.0 Å². The minimum Gasteiger partial charge on any atom is -0.320 e. The number of hydrogen-bond donors (Lipinski definition) is 1. The van der Waals surface area contributed by atoms with Gasteiger partial charge in [0.05, 0.1) is 6.04 Å². The van der Waals surface area contributed by atoms with E-state index >= 15 is 0 Å². The molecule has 0 saturated carbocycles. The lowest BCUT2D eigenvalue weighted by Crippen LogP contribution is -2.16. The smallest absolute Gasteiger partial charge is 0.123 e. The molecule has 0 saturated heterocycles. The van der Waals surface area contributed by atoms with Gasteiger partial charge < -0.3 is 5.73 Å². The van der Waals surface area contributed by atoms with Crippen molar-refractivity contribution in [2.24, 2.45) is 5.73 Å². The number of nitrogens with two attached hydrogens (primary N) is 1. The highest BCUT2D eigenvalue weighted by Crippen LogP contribution is 2.31. The van der Waals surface area contributed by atoms with Gasteiger partial charge in [-0.25, -0.2) is 4.39 Å². The number of rotatable bonds is 2. The third-order valence-electron chi connectivity index (χ3n) is 3.34. The number of benzene rings is 2. The van der Waals surface area contributed by atoms with Crippen molar-refractivity contribution in [3.05, 3.63) is 68.4 Å². The first-order valence-electron chi connectivity index (χ1n) is 6.18. The molecule has 2 N–H and O–H groups in total. The van der Waals surface area contributed by atoms with Gasteiger partial charge in [-0.1, -0.05) is 33.6 Å². The zero-order valence-corrected chi connectivity index (χ0v) is 12.9. The summed E-state index contributed by atoms with van der Waals surface area (Å²) in [5.74, 6) is -0.268. The molecule has 0 fully saturated rings. The Balaban J connectivity index is 2.56. The Labute approximate surface area is 121 Å². The third kappa shape index (κ3) is 2.88. The Kier molecular flexibility index (Phi) is 4.07. The molecule has 3 heteroatoms. The van der Waals surface area contributed by atoms with E-state index in [1.165, 1.54) is 17.7 Å². The molecule has 2 aromatic rings. The molecule has 1 atom stereocenters. The van der Waals surface area contributed by atoms with Crippen molar-refractivity contribution in [2.45, 2.75) is 26.8 Å². The van der Waals surface area contributed by atoms with Crippen LogP contribution in [0.5, 0.6) is 0 Å². The molecule has 0 aliphatic carbocycles. The lowest BCUT2D eigenvalue weighted by Gasteiger charge is -2.20. The maximum atomic E-state index is 13.4. The van der Waals surface area contributed by atoms with E-state index < -0.39 is 0 Å². The Morgan fingerprint density at radius 3 is 2.21 bits per heavy atom. The molecule has 2 rings (SSSR count). The standard InChI is InChI=1S/C16H17BrFN/c1-9-6-10(2)15(11(3)7-9)16(19)13-8-12(18)4-5-14(13)17/h4-8,16H,19H2,1-3H3. The lowest BCUT2D eigenvalue weighted by molar-refractivity contribution is 0.623. The van der Waals surface area contributed by atoms with Crippen LogP contribution >= 0.6 is 15.9 Å². The second kappa shape index (κ2) is 5.43. The van der Waals surface area contributed by atoms with Gasteiger partial charge in [0.2, 0.25) is 0 Å². The predicted molar refractivity (Wildman–Crippen MR) is 80.8 cm³/mol. The summed E-state index contributed by atoms with van der Waals surface area (Å²) in [6.45, 7) is 6.15. The molecule has 0 amide bonds. The zero-order chi connectivity index (χ0) is 14.2. The quantitative estimate of drug-likeness (QED) is 0.862. The fourth-order valence-electron chi connectivity index (χ4n) is 2.59. The monoisotopic (exact) mass is 321 g/mol. The number of halogens is 2. The van der Waals surface area contributed by atoms with Gasteiger partial charge in [-0.15, -0.1) is 0 Å². The van der Waals surface area contributed by atoms with E-state index in [0.29, 0.717) is 0 Å². The second-order valence-electron chi connectivity index (χ2n) is 4.96. The summed E-state index contributed by atoms with van der Waals surface area (Å²) in [5.41, 5.74) is 11.7. The molecule has 2 aromatic carbocycles. The molecule has 0 aromatic heterocycles. The highest BCUT2D eigenvalue weighted by Gasteiger charge is 2.17. The van der Waals surface area contributed by atoms with Crippen molar-refractivity contribution >= 4 is 15.9 Å². The largest absolute Gasteiger partial charge is 0.320 e. The molecule has 0 spiro atoms. The van der Waals surface area contributed by atoms with Gasteiger partial charge in [0.1, 0.15) is 5.82 Å². The Morgan fingerprint density at radius 1 is 1.05 bits per heavy atom. The van der Waals surface area contributed by atoms with E-state index in [1.807, 2.05) is 13.8 Å². The van der Waals surface area contributed by atoms with Gasteiger partial charge in [-0.3, -0.25) is 0 Å². The average Bonchev–Trinajstić information content (AvgIpc) is 2.30. The van der Waals surface area contributed by atoms with Gasteiger partial charge in [-0.2, -0.15) is 0 Å². The number of hydrogen-bond acceptors (Lipinski definition) is 1. The molecule has 0 bridgehead atoms. The molecule has 19 heavy (non-hydrogen) atoms. The van der Waals surface area contributed by atoms with E-state index in [0.717, 1.165) is 26.7 Å². The summed E-state index contributed by atoms with van der Waals surface area (Å²) >= 11 is 3.45. The van der Waals surface area contributed by atoms with Gasteiger partial charge in [-0.05, 0) is 61.2 Å². The Bertz CT molecular complexity index is 599. The maximum absolute atomic E-state index is 13.4. The van der Waals surface area contributed by atoms with Crippen LogP contribution in [-0.2, 0) is 0 Å². The van der Waals surface area contributed by atoms with Gasteiger partial charge in [0.25, 0.3) is 0 Å². The van der Waals surface area contributed by atoms with Crippen molar-refractivity contribution in [3.63, 3.8) is 0 Å². The highest BCUT2D eigenvalue weighted by atomic mass is 79.9. The summed E-state index contributed by atoms with van der Waals surface area (Å²) in [6.07, 6.45) is 0. The molecule has 100 valence electrons. The molecule has 0 aliphatic heterocycles. The minimum atomic E-state index is -0.328. The molecule has 0 heterocycles. The first kappa shape index (κ1) is 14.2. The van der Waals surface area contributed by atoms with Crippen molar-refractivity contribution in [3.8, 4) is 0 Å². The molecule has 1 nitrogen and oxygen atoms in total. The summed E-state index contributed by atoms with van der Waals surface area (Å²) in [6, 6.07) is 8.50. The van der Waals surface area contributed by atoms with E-state index in [2.05, 4.69) is 35.0 Å². The first-order valence-corrected chi connectivity index (χ1v) is 6.97. The average molecular weight is 322 g/mol. The molecule has 0 radical (unpaired) electrons. The van der Waals surface area contributed by atoms with Gasteiger partial charge in [0, 0.05) is 4.47 Å². The van der Waals surface area contributed by atoms with Crippen LogP contribution in [0.3, 0.4) is 0 Å². The number of aryl methyl sites for hydroxylation is 3. The van der Waals surface area contributed by atoms with Crippen LogP contribution in [0.2, 0.25) is 0 Å². The van der Waals surface area contributed by atoms with Gasteiger partial charge in [0.15, 0.2) is 0 Å². The molecular formula is C16H17BrFN. The van der Waals surface area contributed by atoms with Crippen LogP contribution in [0.25, 0.3) is 0 Å². The van der Waals surface area contributed by atoms with E-state index in [1.54, 1.807) is 6.07 Å². The molecular weight excluding hydrogens is 305 g/mol. The minimum absolute atomic E-state index is 0.268. The highest BCUT2D eigenvalue weighted by molar-refractivity contribution is 9.10. The van der Waals surface area contributed by atoms with Crippen molar-refractivity contribution in [2.75, 3.05) is 0 Å². The van der Waals surface area contributed by atoms with Crippen molar-refractivity contribution in [1.82, 2.24) is 0 Å². The van der Waals surface area contributed by atoms with E-state index in [-0.39, 0.29) is 11.9 Å². The van der Waals surface area contributed by atoms with Crippen LogP contribution < -0.4 is 5.73 Å². The van der Waals surface area contributed by atoms with Gasteiger partial charge >= 0.3 is 0 Å². The normalized spacial score (nSPS) is 12.5. The third-order valence-corrected chi connectivity index (χ3v) is 4.06. The van der Waals surface area contributed by atoms with Crippen molar-refractivity contribution < 1.29 is 4.39 Å². The van der Waals surface area contributed by atoms with Crippen LogP contribution in [0.15, 0.2) is 34.8 Å². The Hall–Kier alpha value is -1.19. The Morgan fingerprint density at radius 2 is 1.63 bits per heavy atom. The summed E-state index contributed by atoms with van der Waals surface area (Å²) in [5, 5.41) is 0. The first-order chi connectivity index (χ1) is 8.90. The van der Waals surface area contributed by atoms with Crippen LogP contribution in [0.4, 0.5) is 4.39 Å². The summed E-state index contributed by atoms with van der Waals surface area (Å²) in [4.78, 5) is 0. The van der Waals surface area contributed by atoms with Crippen LogP contribution in [0.1, 0.15) is 33.9 Å². The SMILES string of the molecule is Cc1cc(C)c(C(N)c2cc(F)ccc2Br)c(C)c1. The fourth-order valence-corrected chi connectivity index (χ4v) is 3.08. The lowest BCUT2D eigenvalue weighted by atomic mass is 9.90. The van der Waals surface area contributed by atoms with Crippen molar-refractivity contribution in [1.29, 1.82) is 0 Å². The molecule has 0 aliphatic rings. The van der Waals surface area contributed by atoms with Crippen LogP contribution in [-0.4, -0.2) is 0 Å². The zero-order valence-electron chi connectivity index (χ0n) is 11.3. The summed E-state index contributed by atoms with van der Waals surface area (Å²) in [7, 11) is 0. The van der Waals surface area contributed by atoms with E-state index in [4.69, 9.17) is 5.73 Å². The molecule has 1 unspecified atom stereocenters. The second-order valence-corrected chi connectivity index (χ2v) is 5.81. The fraction of sp³-hybridized carbons (Fsp3) is 0.250.